The average Bonchev–Trinajstić information content (AvgIpc) is 1.88. The Bertz CT molecular complexity index is 96.2. The van der Waals surface area contributed by atoms with Crippen LogP contribution in [0.2, 0.25) is 0 Å². The highest BCUT2D eigenvalue weighted by Gasteiger charge is 2.35. The lowest BCUT2D eigenvalue weighted by molar-refractivity contribution is -0.0444. The maximum absolute atomic E-state index is 5.34. The molecule has 3 N–H and O–H groups in total. The second kappa shape index (κ2) is 2.86. The van der Waals surface area contributed by atoms with Crippen LogP contribution >= 0.6 is 0 Å². The molecule has 0 atom stereocenters. The third-order valence-corrected chi connectivity index (χ3v) is 2.38. The van der Waals surface area contributed by atoms with Crippen LogP contribution in [0.5, 0.6) is 0 Å². The van der Waals surface area contributed by atoms with Gasteiger partial charge in [0.1, 0.15) is 0 Å². The number of hydrogen-bond acceptors (Lipinski definition) is 3. The van der Waals surface area contributed by atoms with E-state index < -0.39 is 0 Å². The van der Waals surface area contributed by atoms with Gasteiger partial charge in [0.25, 0.3) is 0 Å². The third kappa shape index (κ3) is 1.68. The van der Waals surface area contributed by atoms with Crippen molar-refractivity contribution in [3.05, 3.63) is 0 Å². The van der Waals surface area contributed by atoms with Crippen molar-refractivity contribution in [2.45, 2.75) is 38.8 Å². The van der Waals surface area contributed by atoms with Crippen molar-refractivity contribution in [2.24, 2.45) is 5.84 Å². The summed E-state index contributed by atoms with van der Waals surface area (Å²) in [7, 11) is 1.68. The minimum atomic E-state index is -0.248. The molecule has 62 valence electrons. The van der Waals surface area contributed by atoms with E-state index in [0.29, 0.717) is 0 Å². The van der Waals surface area contributed by atoms with Crippen molar-refractivity contribution in [3.63, 3.8) is 0 Å². The van der Waals surface area contributed by atoms with Crippen molar-refractivity contribution in [3.8, 4) is 0 Å². The summed E-state index contributed by atoms with van der Waals surface area (Å²) in [5.41, 5.74) is 2.25. The lowest BCUT2D eigenvalue weighted by Crippen LogP contribution is -2.59. The minimum absolute atomic E-state index is 0.207. The molecule has 0 bridgehead atoms. The van der Waals surface area contributed by atoms with Crippen LogP contribution in [0.3, 0.4) is 0 Å². The summed E-state index contributed by atoms with van der Waals surface area (Å²) in [5, 5.41) is 0. The second-order valence-corrected chi connectivity index (χ2v) is 3.48. The Morgan fingerprint density at radius 3 is 1.70 bits per heavy atom. The van der Waals surface area contributed by atoms with Gasteiger partial charge in [0.05, 0.1) is 11.1 Å². The Balaban J connectivity index is 4.28. The van der Waals surface area contributed by atoms with E-state index in [0.717, 1.165) is 0 Å². The largest absolute Gasteiger partial charge is 0.377 e. The zero-order chi connectivity index (χ0) is 8.41. The predicted molar refractivity (Wildman–Crippen MR) is 42.5 cm³/mol. The number of hydrogen-bond donors (Lipinski definition) is 2. The quantitative estimate of drug-likeness (QED) is 0.454. The Labute approximate surface area is 62.9 Å². The Morgan fingerprint density at radius 1 is 1.20 bits per heavy atom. The molecule has 0 amide bonds. The van der Waals surface area contributed by atoms with Crippen LogP contribution in [0, 0.1) is 0 Å². The van der Waals surface area contributed by atoms with Gasteiger partial charge < -0.3 is 4.74 Å². The van der Waals surface area contributed by atoms with Gasteiger partial charge in [0.2, 0.25) is 0 Å². The highest BCUT2D eigenvalue weighted by molar-refractivity contribution is 4.92. The van der Waals surface area contributed by atoms with E-state index in [1.54, 1.807) is 7.11 Å². The highest BCUT2D eigenvalue weighted by Crippen LogP contribution is 2.22. The molecule has 3 heteroatoms. The van der Waals surface area contributed by atoms with Gasteiger partial charge in [-0.15, -0.1) is 0 Å². The predicted octanol–water partition coefficient (Wildman–Crippen LogP) is 0.653. The topological polar surface area (TPSA) is 47.3 Å². The molecule has 0 aliphatic heterocycles. The number of nitrogens with two attached hydrogens (primary N) is 1. The van der Waals surface area contributed by atoms with Gasteiger partial charge in [-0.3, -0.25) is 11.3 Å². The first-order valence-electron chi connectivity index (χ1n) is 3.40. The third-order valence-electron chi connectivity index (χ3n) is 2.38. The van der Waals surface area contributed by atoms with E-state index in [4.69, 9.17) is 10.6 Å². The summed E-state index contributed by atoms with van der Waals surface area (Å²) in [6, 6.07) is 0. The first kappa shape index (κ1) is 9.88. The van der Waals surface area contributed by atoms with Crippen molar-refractivity contribution in [1.82, 2.24) is 5.43 Å². The fourth-order valence-electron chi connectivity index (χ4n) is 0.429. The molecule has 0 aliphatic carbocycles. The molecular weight excluding hydrogens is 128 g/mol. The van der Waals surface area contributed by atoms with Gasteiger partial charge in [0.15, 0.2) is 0 Å². The minimum Gasteiger partial charge on any atom is -0.377 e. The molecule has 0 saturated heterocycles. The van der Waals surface area contributed by atoms with Gasteiger partial charge >= 0.3 is 0 Å². The maximum atomic E-state index is 5.34. The lowest BCUT2D eigenvalue weighted by atomic mass is 9.86. The van der Waals surface area contributed by atoms with E-state index >= 15 is 0 Å². The van der Waals surface area contributed by atoms with Gasteiger partial charge in [-0.05, 0) is 27.7 Å². The summed E-state index contributed by atoms with van der Waals surface area (Å²) in [5.74, 6) is 5.34. The Kier molecular flexibility index (Phi) is 2.83. The van der Waals surface area contributed by atoms with Crippen molar-refractivity contribution in [1.29, 1.82) is 0 Å². The van der Waals surface area contributed by atoms with E-state index in [9.17, 15) is 0 Å². The molecule has 0 aliphatic rings. The average molecular weight is 146 g/mol. The number of hydrazine groups is 1. The second-order valence-electron chi connectivity index (χ2n) is 3.48. The monoisotopic (exact) mass is 146 g/mol. The summed E-state index contributed by atoms with van der Waals surface area (Å²) < 4.78 is 5.25. The number of rotatable bonds is 3. The fraction of sp³-hybridized carbons (Fsp3) is 1.00. The summed E-state index contributed by atoms with van der Waals surface area (Å²) in [4.78, 5) is 0. The smallest absolute Gasteiger partial charge is 0.0810 e. The normalized spacial score (nSPS) is 13.8. The maximum Gasteiger partial charge on any atom is 0.0810 e. The summed E-state index contributed by atoms with van der Waals surface area (Å²) >= 11 is 0. The standard InChI is InChI=1S/C7H18N2O/c1-6(2,9-8)7(3,4)10-5/h9H,8H2,1-5H3. The summed E-state index contributed by atoms with van der Waals surface area (Å²) in [6.07, 6.45) is 0. The first-order chi connectivity index (χ1) is 4.37. The molecule has 0 heterocycles. The van der Waals surface area contributed by atoms with Gasteiger partial charge in [-0.25, -0.2) is 0 Å². The van der Waals surface area contributed by atoms with Crippen LogP contribution in [0.1, 0.15) is 27.7 Å². The van der Waals surface area contributed by atoms with Crippen LogP contribution in [-0.4, -0.2) is 18.2 Å². The molecule has 0 aromatic carbocycles. The van der Waals surface area contributed by atoms with Crippen LogP contribution in [0.4, 0.5) is 0 Å². The van der Waals surface area contributed by atoms with E-state index in [2.05, 4.69) is 5.43 Å². The SMILES string of the molecule is COC(C)(C)C(C)(C)NN. The number of nitrogens with one attached hydrogen (secondary N) is 1. The number of methoxy groups -OCH3 is 1. The molecule has 3 nitrogen and oxygen atoms in total. The molecule has 0 rings (SSSR count). The van der Waals surface area contributed by atoms with Gasteiger partial charge in [-0.2, -0.15) is 0 Å². The molecule has 0 aromatic rings. The first-order valence-corrected chi connectivity index (χ1v) is 3.40. The van der Waals surface area contributed by atoms with Crippen LogP contribution < -0.4 is 11.3 Å². The van der Waals surface area contributed by atoms with Crippen molar-refractivity contribution >= 4 is 0 Å². The van der Waals surface area contributed by atoms with Crippen LogP contribution in [0.25, 0.3) is 0 Å². The van der Waals surface area contributed by atoms with Gasteiger partial charge in [-0.1, -0.05) is 0 Å². The lowest BCUT2D eigenvalue weighted by Gasteiger charge is -2.39. The molecule has 10 heavy (non-hydrogen) atoms. The summed E-state index contributed by atoms with van der Waals surface area (Å²) in [6.45, 7) is 7.98. The number of ether oxygens (including phenoxy) is 1. The van der Waals surface area contributed by atoms with E-state index in [1.807, 2.05) is 27.7 Å². The Morgan fingerprint density at radius 2 is 1.60 bits per heavy atom. The molecule has 0 spiro atoms. The van der Waals surface area contributed by atoms with Gasteiger partial charge in [0, 0.05) is 7.11 Å². The van der Waals surface area contributed by atoms with Crippen LogP contribution in [0.15, 0.2) is 0 Å². The molecule has 0 aromatic heterocycles. The molecule has 0 fully saturated rings. The molecular formula is C7H18N2O. The van der Waals surface area contributed by atoms with Crippen molar-refractivity contribution < 1.29 is 4.74 Å². The van der Waals surface area contributed by atoms with E-state index in [1.165, 1.54) is 0 Å². The highest BCUT2D eigenvalue weighted by atomic mass is 16.5. The fourth-order valence-corrected chi connectivity index (χ4v) is 0.429. The van der Waals surface area contributed by atoms with E-state index in [-0.39, 0.29) is 11.1 Å². The zero-order valence-electron chi connectivity index (χ0n) is 7.49. The zero-order valence-corrected chi connectivity index (χ0v) is 7.49. The molecule has 0 radical (unpaired) electrons. The Hall–Kier alpha value is -0.120. The van der Waals surface area contributed by atoms with Crippen molar-refractivity contribution in [2.75, 3.05) is 7.11 Å². The molecule has 0 unspecified atom stereocenters. The molecule has 0 saturated carbocycles. The van der Waals surface area contributed by atoms with Crippen LogP contribution in [-0.2, 0) is 4.74 Å².